The van der Waals surface area contributed by atoms with Crippen LogP contribution in [0.25, 0.3) is 33.1 Å². The fourth-order valence-corrected chi connectivity index (χ4v) is 4.19. The zero-order valence-electron chi connectivity index (χ0n) is 20.4. The largest absolute Gasteiger partial charge is 0.506 e. The van der Waals surface area contributed by atoms with Crippen molar-refractivity contribution in [3.8, 4) is 28.5 Å². The lowest BCUT2D eigenvalue weighted by Gasteiger charge is -2.20. The minimum atomic E-state index is -0.508. The average molecular weight is 502 g/mol. The summed E-state index contributed by atoms with van der Waals surface area (Å²) in [7, 11) is 7.60. The van der Waals surface area contributed by atoms with Crippen LogP contribution in [0.3, 0.4) is 0 Å². The predicted octanol–water partition coefficient (Wildman–Crippen LogP) is 4.47. The van der Waals surface area contributed by atoms with Crippen LogP contribution in [0.4, 0.5) is 4.39 Å². The monoisotopic (exact) mass is 501 g/mol. The van der Waals surface area contributed by atoms with Crippen molar-refractivity contribution in [1.29, 1.82) is 0 Å². The molecule has 186 valence electrons. The SMILES string of the molecule is COc1c(OCCN(C)CCN(C)C)cc(F)c2c(-c3ccc(O)c(Cl)c3)nc3[nH]nc(C)c3c12. The molecule has 0 bridgehead atoms. The molecule has 0 saturated heterocycles. The summed E-state index contributed by atoms with van der Waals surface area (Å²) in [6.45, 7) is 4.67. The number of benzene rings is 2. The Morgan fingerprint density at radius 2 is 1.86 bits per heavy atom. The Morgan fingerprint density at radius 3 is 2.54 bits per heavy atom. The summed E-state index contributed by atoms with van der Waals surface area (Å²) < 4.78 is 27.5. The molecule has 2 heterocycles. The number of aromatic amines is 1. The van der Waals surface area contributed by atoms with E-state index < -0.39 is 5.82 Å². The molecule has 2 aromatic carbocycles. The maximum atomic E-state index is 15.7. The van der Waals surface area contributed by atoms with Gasteiger partial charge in [0, 0.05) is 42.0 Å². The molecule has 0 aliphatic carbocycles. The van der Waals surface area contributed by atoms with Gasteiger partial charge in [0.2, 0.25) is 0 Å². The number of aromatic hydroxyl groups is 1. The van der Waals surface area contributed by atoms with Gasteiger partial charge in [-0.2, -0.15) is 5.10 Å². The van der Waals surface area contributed by atoms with E-state index >= 15 is 4.39 Å². The summed E-state index contributed by atoms with van der Waals surface area (Å²) in [5, 5.41) is 18.6. The van der Waals surface area contributed by atoms with Crippen LogP contribution < -0.4 is 9.47 Å². The fourth-order valence-electron chi connectivity index (χ4n) is 4.01. The highest BCUT2D eigenvalue weighted by molar-refractivity contribution is 6.32. The van der Waals surface area contributed by atoms with E-state index in [0.717, 1.165) is 13.1 Å². The van der Waals surface area contributed by atoms with Crippen LogP contribution in [0.1, 0.15) is 5.69 Å². The molecule has 0 fully saturated rings. The van der Waals surface area contributed by atoms with E-state index in [1.165, 1.54) is 19.2 Å². The van der Waals surface area contributed by atoms with Gasteiger partial charge in [-0.05, 0) is 46.3 Å². The quantitative estimate of drug-likeness (QED) is 0.350. The normalized spacial score (nSPS) is 11.8. The van der Waals surface area contributed by atoms with E-state index in [2.05, 4.69) is 25.0 Å². The third-order valence-corrected chi connectivity index (χ3v) is 6.22. The van der Waals surface area contributed by atoms with Gasteiger partial charge in [0.15, 0.2) is 17.1 Å². The standard InChI is InChI=1S/C25H29ClFN5O3/c1-14-20-22-21(23(28-25(20)30-29-14)15-6-7-18(33)16(26)12-15)17(27)13-19(24(22)34-5)35-11-10-32(4)9-8-31(2)3/h6-7,12-13,33H,8-11H2,1-5H3,(H,28,29,30). The summed E-state index contributed by atoms with van der Waals surface area (Å²) in [4.78, 5) is 8.91. The Bertz CT molecular complexity index is 1370. The minimum Gasteiger partial charge on any atom is -0.506 e. The van der Waals surface area contributed by atoms with Crippen LogP contribution >= 0.6 is 11.6 Å². The molecule has 2 N–H and O–H groups in total. The molecule has 0 saturated carbocycles. The Morgan fingerprint density at radius 1 is 1.09 bits per heavy atom. The number of halogens is 2. The number of phenols is 1. The Hall–Kier alpha value is -3.14. The molecule has 0 amide bonds. The fraction of sp³-hybridized carbons (Fsp3) is 0.360. The van der Waals surface area contributed by atoms with E-state index in [4.69, 9.17) is 21.1 Å². The molecule has 4 rings (SSSR count). The number of ether oxygens (including phenoxy) is 2. The van der Waals surface area contributed by atoms with Gasteiger partial charge in [-0.1, -0.05) is 11.6 Å². The number of aromatic nitrogens is 3. The molecular weight excluding hydrogens is 473 g/mol. The van der Waals surface area contributed by atoms with Crippen molar-refractivity contribution < 1.29 is 19.0 Å². The second-order valence-electron chi connectivity index (χ2n) is 8.75. The van der Waals surface area contributed by atoms with E-state index in [1.54, 1.807) is 12.1 Å². The second kappa shape index (κ2) is 10.2. The average Bonchev–Trinajstić information content (AvgIpc) is 3.19. The van der Waals surface area contributed by atoms with Gasteiger partial charge < -0.3 is 24.4 Å². The van der Waals surface area contributed by atoms with Crippen molar-refractivity contribution in [2.45, 2.75) is 6.92 Å². The van der Waals surface area contributed by atoms with Crippen molar-refractivity contribution >= 4 is 33.4 Å². The number of fused-ring (bicyclic) bond motifs is 3. The molecule has 8 nitrogen and oxygen atoms in total. The van der Waals surface area contributed by atoms with Crippen LogP contribution in [-0.2, 0) is 0 Å². The first-order valence-corrected chi connectivity index (χ1v) is 11.6. The van der Waals surface area contributed by atoms with Crippen molar-refractivity contribution in [2.75, 3.05) is 54.5 Å². The highest BCUT2D eigenvalue weighted by Crippen LogP contribution is 2.45. The van der Waals surface area contributed by atoms with Crippen LogP contribution in [0.15, 0.2) is 24.3 Å². The Balaban J connectivity index is 1.83. The third kappa shape index (κ3) is 4.98. The molecule has 0 aliphatic rings. The lowest BCUT2D eigenvalue weighted by atomic mass is 9.99. The van der Waals surface area contributed by atoms with Gasteiger partial charge in [0.05, 0.1) is 28.9 Å². The molecule has 10 heteroatoms. The van der Waals surface area contributed by atoms with Crippen LogP contribution in [0.2, 0.25) is 5.02 Å². The number of methoxy groups -OCH3 is 1. The van der Waals surface area contributed by atoms with E-state index in [0.29, 0.717) is 58.0 Å². The first kappa shape index (κ1) is 25.0. The number of hydrogen-bond donors (Lipinski definition) is 2. The molecule has 0 unspecified atom stereocenters. The maximum absolute atomic E-state index is 15.7. The molecule has 0 aliphatic heterocycles. The van der Waals surface area contributed by atoms with Gasteiger partial charge in [0.25, 0.3) is 0 Å². The molecule has 35 heavy (non-hydrogen) atoms. The third-order valence-electron chi connectivity index (χ3n) is 5.92. The van der Waals surface area contributed by atoms with Crippen molar-refractivity contribution in [1.82, 2.24) is 25.0 Å². The number of rotatable bonds is 9. The number of hydrogen-bond acceptors (Lipinski definition) is 7. The Labute approximate surface area is 208 Å². The van der Waals surface area contributed by atoms with E-state index in [1.807, 2.05) is 28.1 Å². The lowest BCUT2D eigenvalue weighted by molar-refractivity contribution is 0.217. The van der Waals surface area contributed by atoms with Gasteiger partial charge in [-0.15, -0.1) is 0 Å². The van der Waals surface area contributed by atoms with Gasteiger partial charge in [-0.3, -0.25) is 5.10 Å². The second-order valence-corrected chi connectivity index (χ2v) is 9.16. The maximum Gasteiger partial charge on any atom is 0.169 e. The van der Waals surface area contributed by atoms with Crippen molar-refractivity contribution in [3.05, 3.63) is 40.8 Å². The number of H-pyrrole nitrogens is 1. The number of pyridine rings is 1. The number of nitrogens with zero attached hydrogens (tertiary/aromatic N) is 4. The molecule has 0 atom stereocenters. The predicted molar refractivity (Wildman–Crippen MR) is 136 cm³/mol. The minimum absolute atomic E-state index is 0.0672. The summed E-state index contributed by atoms with van der Waals surface area (Å²) in [5.41, 5.74) is 2.03. The first-order chi connectivity index (χ1) is 16.7. The van der Waals surface area contributed by atoms with Gasteiger partial charge in [0.1, 0.15) is 18.2 Å². The zero-order valence-corrected chi connectivity index (χ0v) is 21.2. The first-order valence-electron chi connectivity index (χ1n) is 11.2. The zero-order chi connectivity index (χ0) is 25.3. The van der Waals surface area contributed by atoms with E-state index in [9.17, 15) is 5.11 Å². The van der Waals surface area contributed by atoms with Crippen LogP contribution in [0.5, 0.6) is 17.2 Å². The lowest BCUT2D eigenvalue weighted by Crippen LogP contribution is -2.31. The Kier molecular flexibility index (Phi) is 7.30. The highest BCUT2D eigenvalue weighted by atomic mass is 35.5. The van der Waals surface area contributed by atoms with Gasteiger partial charge in [-0.25, -0.2) is 9.37 Å². The number of phenolic OH excluding ortho intramolecular Hbond substituents is 1. The van der Waals surface area contributed by atoms with Crippen molar-refractivity contribution in [2.24, 2.45) is 0 Å². The smallest absolute Gasteiger partial charge is 0.169 e. The highest BCUT2D eigenvalue weighted by Gasteiger charge is 2.24. The number of likely N-dealkylation sites (N-methyl/N-ethyl adjacent to an activating group) is 2. The van der Waals surface area contributed by atoms with Crippen LogP contribution in [-0.4, -0.2) is 84.6 Å². The molecular formula is C25H29ClFN5O3. The summed E-state index contributed by atoms with van der Waals surface area (Å²) >= 11 is 6.14. The molecule has 4 aromatic rings. The number of nitrogens with one attached hydrogen (secondary N) is 1. The number of aryl methyl sites for hydroxylation is 1. The molecule has 2 aromatic heterocycles. The van der Waals surface area contributed by atoms with Gasteiger partial charge >= 0.3 is 0 Å². The summed E-state index contributed by atoms with van der Waals surface area (Å²) in [5.74, 6) is 0.134. The summed E-state index contributed by atoms with van der Waals surface area (Å²) in [6.07, 6.45) is 0. The molecule has 0 spiro atoms. The van der Waals surface area contributed by atoms with Crippen LogP contribution in [0, 0.1) is 12.7 Å². The molecule has 0 radical (unpaired) electrons. The van der Waals surface area contributed by atoms with Crippen molar-refractivity contribution in [3.63, 3.8) is 0 Å². The van der Waals surface area contributed by atoms with E-state index in [-0.39, 0.29) is 16.2 Å². The summed E-state index contributed by atoms with van der Waals surface area (Å²) in [6, 6.07) is 5.97. The topological polar surface area (TPSA) is 86.7 Å².